The summed E-state index contributed by atoms with van der Waals surface area (Å²) in [5.74, 6) is 1.64. The minimum absolute atomic E-state index is 0.00244. The average Bonchev–Trinajstić information content (AvgIpc) is 2.39. The van der Waals surface area contributed by atoms with E-state index in [1.54, 1.807) is 0 Å². The van der Waals surface area contributed by atoms with E-state index in [4.69, 9.17) is 25.8 Å². The zero-order valence-corrected chi connectivity index (χ0v) is 12.2. The van der Waals surface area contributed by atoms with Gasteiger partial charge in [-0.3, -0.25) is 0 Å². The third-order valence-electron chi connectivity index (χ3n) is 3.10. The maximum atomic E-state index is 6.16. The Labute approximate surface area is 119 Å². The van der Waals surface area contributed by atoms with E-state index in [-0.39, 0.29) is 17.6 Å². The van der Waals surface area contributed by atoms with Crippen LogP contribution < -0.4 is 9.47 Å². The van der Waals surface area contributed by atoms with Gasteiger partial charge in [-0.1, -0.05) is 13.0 Å². The summed E-state index contributed by atoms with van der Waals surface area (Å²) in [6.45, 7) is 5.43. The highest BCUT2D eigenvalue weighted by molar-refractivity contribution is 6.21. The first kappa shape index (κ1) is 14.5. The topological polar surface area (TPSA) is 27.7 Å². The van der Waals surface area contributed by atoms with E-state index in [0.29, 0.717) is 6.61 Å². The van der Waals surface area contributed by atoms with Crippen LogP contribution in [0.1, 0.15) is 26.7 Å². The Balaban J connectivity index is 1.91. The van der Waals surface area contributed by atoms with Crippen molar-refractivity contribution >= 4 is 11.6 Å². The van der Waals surface area contributed by atoms with Crippen LogP contribution in [-0.4, -0.2) is 30.8 Å². The summed E-state index contributed by atoms with van der Waals surface area (Å²) in [7, 11) is 0. The van der Waals surface area contributed by atoms with E-state index < -0.39 is 0 Å². The fourth-order valence-corrected chi connectivity index (χ4v) is 2.50. The molecule has 0 aliphatic heterocycles. The minimum Gasteiger partial charge on any atom is -0.494 e. The molecule has 19 heavy (non-hydrogen) atoms. The average molecular weight is 285 g/mol. The SMILES string of the molecule is CCCOC1C(Cl)CC1Oc1cccc(OCC)c1. The van der Waals surface area contributed by atoms with Gasteiger partial charge in [0.25, 0.3) is 0 Å². The summed E-state index contributed by atoms with van der Waals surface area (Å²) in [4.78, 5) is 0. The van der Waals surface area contributed by atoms with E-state index in [9.17, 15) is 0 Å². The van der Waals surface area contributed by atoms with Crippen molar-refractivity contribution in [3.63, 3.8) is 0 Å². The van der Waals surface area contributed by atoms with Gasteiger partial charge in [0.1, 0.15) is 23.7 Å². The minimum atomic E-state index is -0.00244. The number of hydrogen-bond acceptors (Lipinski definition) is 3. The summed E-state index contributed by atoms with van der Waals surface area (Å²) in [6.07, 6.45) is 1.87. The quantitative estimate of drug-likeness (QED) is 0.716. The van der Waals surface area contributed by atoms with Gasteiger partial charge in [0, 0.05) is 19.1 Å². The van der Waals surface area contributed by atoms with Crippen LogP contribution in [0.4, 0.5) is 0 Å². The van der Waals surface area contributed by atoms with Crippen molar-refractivity contribution in [2.45, 2.75) is 44.3 Å². The zero-order valence-electron chi connectivity index (χ0n) is 11.5. The summed E-state index contributed by atoms with van der Waals surface area (Å²) in [5.41, 5.74) is 0. The van der Waals surface area contributed by atoms with Crippen LogP contribution in [0.2, 0.25) is 0 Å². The number of halogens is 1. The van der Waals surface area contributed by atoms with Crippen LogP contribution in [0.15, 0.2) is 24.3 Å². The first-order valence-corrected chi connectivity index (χ1v) is 7.33. The van der Waals surface area contributed by atoms with Gasteiger partial charge in [0.05, 0.1) is 12.0 Å². The molecule has 3 atom stereocenters. The van der Waals surface area contributed by atoms with Gasteiger partial charge < -0.3 is 14.2 Å². The Hall–Kier alpha value is -0.930. The second kappa shape index (κ2) is 7.01. The van der Waals surface area contributed by atoms with Crippen LogP contribution in [0.5, 0.6) is 11.5 Å². The fourth-order valence-electron chi connectivity index (χ4n) is 2.09. The molecular formula is C15H21ClO3. The summed E-state index contributed by atoms with van der Waals surface area (Å²) in [6, 6.07) is 7.69. The largest absolute Gasteiger partial charge is 0.494 e. The molecule has 0 amide bonds. The first-order chi connectivity index (χ1) is 9.24. The van der Waals surface area contributed by atoms with Crippen LogP contribution in [0.25, 0.3) is 0 Å². The third-order valence-corrected chi connectivity index (χ3v) is 3.53. The lowest BCUT2D eigenvalue weighted by molar-refractivity contribution is -0.0798. The van der Waals surface area contributed by atoms with Crippen molar-refractivity contribution in [3.8, 4) is 11.5 Å². The van der Waals surface area contributed by atoms with Crippen LogP contribution in [-0.2, 0) is 4.74 Å². The molecule has 1 fully saturated rings. The van der Waals surface area contributed by atoms with Crippen LogP contribution >= 0.6 is 11.6 Å². The molecule has 2 rings (SSSR count). The fraction of sp³-hybridized carbons (Fsp3) is 0.600. The van der Waals surface area contributed by atoms with E-state index in [2.05, 4.69) is 6.92 Å². The van der Waals surface area contributed by atoms with Crippen molar-refractivity contribution in [3.05, 3.63) is 24.3 Å². The highest BCUT2D eigenvalue weighted by Crippen LogP contribution is 2.33. The molecule has 1 aliphatic carbocycles. The standard InChI is InChI=1S/C15H21ClO3/c1-3-8-18-15-13(16)10-14(15)19-12-7-5-6-11(9-12)17-4-2/h5-7,9,13-15H,3-4,8,10H2,1-2H3. The van der Waals surface area contributed by atoms with E-state index >= 15 is 0 Å². The highest BCUT2D eigenvalue weighted by atomic mass is 35.5. The molecule has 3 unspecified atom stereocenters. The van der Waals surface area contributed by atoms with Crippen molar-refractivity contribution < 1.29 is 14.2 Å². The predicted octanol–water partition coefficient (Wildman–Crippen LogP) is 3.64. The monoisotopic (exact) mass is 284 g/mol. The smallest absolute Gasteiger partial charge is 0.128 e. The van der Waals surface area contributed by atoms with Crippen molar-refractivity contribution in [2.24, 2.45) is 0 Å². The molecule has 3 nitrogen and oxygen atoms in total. The molecule has 0 saturated heterocycles. The van der Waals surface area contributed by atoms with Gasteiger partial charge in [-0.15, -0.1) is 11.6 Å². The number of benzene rings is 1. The number of alkyl halides is 1. The summed E-state index contributed by atoms with van der Waals surface area (Å²) in [5, 5.41) is 0.0617. The number of rotatable bonds is 7. The molecule has 0 N–H and O–H groups in total. The normalized spacial score (nSPS) is 25.7. The Bertz CT molecular complexity index is 397. The lowest BCUT2D eigenvalue weighted by Gasteiger charge is -2.40. The van der Waals surface area contributed by atoms with E-state index in [1.165, 1.54) is 0 Å². The highest BCUT2D eigenvalue weighted by Gasteiger charge is 2.42. The Kier molecular flexibility index (Phi) is 5.34. The second-order valence-electron chi connectivity index (χ2n) is 4.65. The van der Waals surface area contributed by atoms with E-state index in [0.717, 1.165) is 30.9 Å². The maximum absolute atomic E-state index is 6.16. The molecule has 1 aromatic rings. The molecule has 0 spiro atoms. The molecule has 0 radical (unpaired) electrons. The molecule has 1 saturated carbocycles. The number of hydrogen-bond donors (Lipinski definition) is 0. The van der Waals surface area contributed by atoms with Crippen molar-refractivity contribution in [1.29, 1.82) is 0 Å². The molecule has 1 aromatic carbocycles. The Morgan fingerprint density at radius 3 is 2.74 bits per heavy atom. The number of ether oxygens (including phenoxy) is 3. The van der Waals surface area contributed by atoms with Gasteiger partial charge in [-0.05, 0) is 25.5 Å². The van der Waals surface area contributed by atoms with Crippen molar-refractivity contribution in [1.82, 2.24) is 0 Å². The molecule has 106 valence electrons. The van der Waals surface area contributed by atoms with Gasteiger partial charge in [-0.25, -0.2) is 0 Å². The molecular weight excluding hydrogens is 264 g/mol. The molecule has 4 heteroatoms. The summed E-state index contributed by atoms with van der Waals surface area (Å²) >= 11 is 6.16. The predicted molar refractivity (Wildman–Crippen MR) is 76.3 cm³/mol. The van der Waals surface area contributed by atoms with Crippen LogP contribution in [0, 0.1) is 0 Å². The van der Waals surface area contributed by atoms with Crippen molar-refractivity contribution in [2.75, 3.05) is 13.2 Å². The molecule has 1 aliphatic rings. The Morgan fingerprint density at radius 1 is 1.26 bits per heavy atom. The Morgan fingerprint density at radius 2 is 2.05 bits per heavy atom. The second-order valence-corrected chi connectivity index (χ2v) is 5.21. The first-order valence-electron chi connectivity index (χ1n) is 6.89. The van der Waals surface area contributed by atoms with Gasteiger partial charge in [-0.2, -0.15) is 0 Å². The maximum Gasteiger partial charge on any atom is 0.128 e. The van der Waals surface area contributed by atoms with Gasteiger partial charge in [0.2, 0.25) is 0 Å². The lowest BCUT2D eigenvalue weighted by Crippen LogP contribution is -2.52. The lowest BCUT2D eigenvalue weighted by atomic mass is 9.91. The van der Waals surface area contributed by atoms with Gasteiger partial charge in [0.15, 0.2) is 0 Å². The molecule has 0 aromatic heterocycles. The third kappa shape index (κ3) is 3.77. The molecule has 0 bridgehead atoms. The van der Waals surface area contributed by atoms with Crippen LogP contribution in [0.3, 0.4) is 0 Å². The van der Waals surface area contributed by atoms with E-state index in [1.807, 2.05) is 31.2 Å². The zero-order chi connectivity index (χ0) is 13.7. The summed E-state index contributed by atoms with van der Waals surface area (Å²) < 4.78 is 17.1. The van der Waals surface area contributed by atoms with Gasteiger partial charge >= 0.3 is 0 Å². The molecule has 0 heterocycles.